The van der Waals surface area contributed by atoms with Gasteiger partial charge in [0.25, 0.3) is 0 Å². The van der Waals surface area contributed by atoms with Gasteiger partial charge in [0.1, 0.15) is 11.8 Å². The molecule has 1 N–H and O–H groups in total. The van der Waals surface area contributed by atoms with Gasteiger partial charge in [0.2, 0.25) is 11.8 Å². The van der Waals surface area contributed by atoms with E-state index in [9.17, 15) is 9.59 Å². The van der Waals surface area contributed by atoms with E-state index in [2.05, 4.69) is 17.4 Å². The smallest absolute Gasteiger partial charge is 0.243 e. The van der Waals surface area contributed by atoms with Crippen molar-refractivity contribution in [1.82, 2.24) is 10.2 Å². The van der Waals surface area contributed by atoms with Crippen LogP contribution in [0.4, 0.5) is 0 Å². The number of carbonyl (C=O) groups is 2. The molecule has 0 radical (unpaired) electrons. The molecule has 184 valence electrons. The summed E-state index contributed by atoms with van der Waals surface area (Å²) in [6.07, 6.45) is 0.443. The lowest BCUT2D eigenvalue weighted by molar-refractivity contribution is -0.139. The number of benzene rings is 3. The van der Waals surface area contributed by atoms with Crippen LogP contribution in [0.2, 0.25) is 0 Å². The fourth-order valence-electron chi connectivity index (χ4n) is 3.82. The topological polar surface area (TPSA) is 58.6 Å². The Hall–Kier alpha value is -3.25. The number of hydrogen-bond acceptors (Lipinski definition) is 4. The Morgan fingerprint density at radius 3 is 2.14 bits per heavy atom. The Kier molecular flexibility index (Phi) is 10.2. The number of carbonyl (C=O) groups excluding carboxylic acids is 2. The molecule has 5 nitrogen and oxygen atoms in total. The van der Waals surface area contributed by atoms with Crippen molar-refractivity contribution in [1.29, 1.82) is 0 Å². The fraction of sp³-hybridized carbons (Fsp3) is 0.310. The molecule has 3 rings (SSSR count). The lowest BCUT2D eigenvalue weighted by Gasteiger charge is -2.32. The molecule has 0 unspecified atom stereocenters. The Labute approximate surface area is 212 Å². The summed E-state index contributed by atoms with van der Waals surface area (Å²) in [5.41, 5.74) is 3.10. The summed E-state index contributed by atoms with van der Waals surface area (Å²) in [6.45, 7) is 4.19. The molecule has 1 atom stereocenters. The summed E-state index contributed by atoms with van der Waals surface area (Å²) >= 11 is 1.56. The summed E-state index contributed by atoms with van der Waals surface area (Å²) in [6, 6.07) is 26.9. The second kappa shape index (κ2) is 13.6. The third-order valence-corrected chi connectivity index (χ3v) is 6.51. The summed E-state index contributed by atoms with van der Waals surface area (Å²) in [5, 5.41) is 3.02. The average Bonchev–Trinajstić information content (AvgIpc) is 2.87. The van der Waals surface area contributed by atoms with Gasteiger partial charge in [0.05, 0.1) is 12.9 Å². The highest BCUT2D eigenvalue weighted by atomic mass is 32.2. The Morgan fingerprint density at radius 2 is 1.51 bits per heavy atom. The van der Waals surface area contributed by atoms with E-state index in [1.54, 1.807) is 23.8 Å². The maximum atomic E-state index is 13.6. The van der Waals surface area contributed by atoms with Gasteiger partial charge >= 0.3 is 0 Å². The van der Waals surface area contributed by atoms with Gasteiger partial charge in [-0.25, -0.2) is 0 Å². The zero-order valence-electron chi connectivity index (χ0n) is 20.6. The zero-order valence-corrected chi connectivity index (χ0v) is 21.5. The van der Waals surface area contributed by atoms with Gasteiger partial charge < -0.3 is 15.0 Å². The molecular formula is C29H34N2O3S. The minimum absolute atomic E-state index is 0.0259. The minimum atomic E-state index is -0.629. The van der Waals surface area contributed by atoms with Crippen LogP contribution in [0.5, 0.6) is 5.75 Å². The van der Waals surface area contributed by atoms with Crippen molar-refractivity contribution in [3.8, 4) is 5.75 Å². The molecule has 0 bridgehead atoms. The molecule has 0 aliphatic rings. The molecule has 6 heteroatoms. The number of nitrogens with zero attached hydrogens (tertiary/aromatic N) is 1. The monoisotopic (exact) mass is 490 g/mol. The van der Waals surface area contributed by atoms with Crippen LogP contribution >= 0.6 is 11.8 Å². The summed E-state index contributed by atoms with van der Waals surface area (Å²) in [7, 11) is 1.62. The first-order valence-corrected chi connectivity index (χ1v) is 13.0. The highest BCUT2D eigenvalue weighted by Gasteiger charge is 2.30. The van der Waals surface area contributed by atoms with Crippen LogP contribution in [0.15, 0.2) is 84.9 Å². The molecule has 0 saturated heterocycles. The van der Waals surface area contributed by atoms with E-state index in [1.807, 2.05) is 86.6 Å². The second-order valence-corrected chi connectivity index (χ2v) is 9.71. The quantitative estimate of drug-likeness (QED) is 0.384. The standard InChI is InChI=1S/C29H34N2O3S/c1-22(2)30-29(33)27(18-23-11-6-4-7-12-23)31(19-25-15-10-16-26(17-25)34-3)28(32)21-35-20-24-13-8-5-9-14-24/h4-17,22,27H,18-21H2,1-3H3,(H,30,33)/t27-/m0/s1. The second-order valence-electron chi connectivity index (χ2n) is 8.72. The number of amides is 2. The lowest BCUT2D eigenvalue weighted by atomic mass is 10.0. The van der Waals surface area contributed by atoms with Gasteiger partial charge in [-0.2, -0.15) is 0 Å². The highest BCUT2D eigenvalue weighted by molar-refractivity contribution is 7.99. The summed E-state index contributed by atoms with van der Waals surface area (Å²) in [4.78, 5) is 28.7. The van der Waals surface area contributed by atoms with Crippen molar-refractivity contribution in [3.05, 3.63) is 102 Å². The third kappa shape index (κ3) is 8.48. The Morgan fingerprint density at radius 1 is 0.886 bits per heavy atom. The largest absolute Gasteiger partial charge is 0.497 e. The molecule has 2 amide bonds. The number of methoxy groups -OCH3 is 1. The molecule has 35 heavy (non-hydrogen) atoms. The van der Waals surface area contributed by atoms with Gasteiger partial charge in [0, 0.05) is 24.8 Å². The van der Waals surface area contributed by atoms with Gasteiger partial charge in [-0.1, -0.05) is 72.8 Å². The molecule has 0 aliphatic heterocycles. The predicted octanol–water partition coefficient (Wildman–Crippen LogP) is 5.09. The van der Waals surface area contributed by atoms with E-state index in [1.165, 1.54) is 5.56 Å². The van der Waals surface area contributed by atoms with Crippen LogP contribution in [-0.2, 0) is 28.3 Å². The molecule has 3 aromatic rings. The van der Waals surface area contributed by atoms with Crippen LogP contribution in [0, 0.1) is 0 Å². The van der Waals surface area contributed by atoms with Crippen LogP contribution in [-0.4, -0.2) is 41.7 Å². The number of hydrogen-bond donors (Lipinski definition) is 1. The maximum Gasteiger partial charge on any atom is 0.243 e. The average molecular weight is 491 g/mol. The normalized spacial score (nSPS) is 11.7. The van der Waals surface area contributed by atoms with Crippen LogP contribution < -0.4 is 10.1 Å². The first-order chi connectivity index (χ1) is 17.0. The van der Waals surface area contributed by atoms with Gasteiger partial charge in [-0.05, 0) is 42.7 Å². The van der Waals surface area contributed by atoms with Crippen LogP contribution in [0.3, 0.4) is 0 Å². The number of nitrogens with one attached hydrogen (secondary N) is 1. The third-order valence-electron chi connectivity index (χ3n) is 5.53. The molecule has 0 aromatic heterocycles. The highest BCUT2D eigenvalue weighted by Crippen LogP contribution is 2.20. The maximum absolute atomic E-state index is 13.6. The Bertz CT molecular complexity index is 1070. The summed E-state index contributed by atoms with van der Waals surface area (Å²) in [5.74, 6) is 1.54. The Balaban J connectivity index is 1.86. The van der Waals surface area contributed by atoms with E-state index in [4.69, 9.17) is 4.74 Å². The van der Waals surface area contributed by atoms with Crippen LogP contribution in [0.25, 0.3) is 0 Å². The number of thioether (sulfide) groups is 1. The van der Waals surface area contributed by atoms with Crippen molar-refractivity contribution < 1.29 is 14.3 Å². The van der Waals surface area contributed by atoms with Gasteiger partial charge in [0.15, 0.2) is 0 Å². The van der Waals surface area contributed by atoms with Gasteiger partial charge in [-0.15, -0.1) is 11.8 Å². The molecule has 0 saturated carbocycles. The molecule has 0 fully saturated rings. The molecule has 0 aliphatic carbocycles. The fourth-order valence-corrected chi connectivity index (χ4v) is 4.69. The van der Waals surface area contributed by atoms with Gasteiger partial charge in [-0.3, -0.25) is 9.59 Å². The van der Waals surface area contributed by atoms with Crippen LogP contribution in [0.1, 0.15) is 30.5 Å². The molecular weight excluding hydrogens is 456 g/mol. The molecule has 0 heterocycles. The first-order valence-electron chi connectivity index (χ1n) is 11.8. The van der Waals surface area contributed by atoms with E-state index < -0.39 is 6.04 Å². The SMILES string of the molecule is COc1cccc(CN(C(=O)CSCc2ccccc2)[C@@H](Cc2ccccc2)C(=O)NC(C)C)c1. The van der Waals surface area contributed by atoms with E-state index in [0.717, 1.165) is 22.6 Å². The van der Waals surface area contributed by atoms with E-state index in [0.29, 0.717) is 18.7 Å². The zero-order chi connectivity index (χ0) is 25.0. The number of rotatable bonds is 12. The lowest BCUT2D eigenvalue weighted by Crippen LogP contribution is -2.52. The van der Waals surface area contributed by atoms with Crippen molar-refractivity contribution in [3.63, 3.8) is 0 Å². The predicted molar refractivity (Wildman–Crippen MR) is 143 cm³/mol. The molecule has 3 aromatic carbocycles. The van der Waals surface area contributed by atoms with Crippen molar-refractivity contribution in [2.24, 2.45) is 0 Å². The molecule has 0 spiro atoms. The number of ether oxygens (including phenoxy) is 1. The van der Waals surface area contributed by atoms with E-state index in [-0.39, 0.29) is 17.9 Å². The van der Waals surface area contributed by atoms with Crippen molar-refractivity contribution >= 4 is 23.6 Å². The van der Waals surface area contributed by atoms with E-state index >= 15 is 0 Å². The van der Waals surface area contributed by atoms with Crippen molar-refractivity contribution in [2.45, 2.75) is 44.6 Å². The summed E-state index contributed by atoms with van der Waals surface area (Å²) < 4.78 is 5.38. The first kappa shape index (κ1) is 26.4. The van der Waals surface area contributed by atoms with Crippen molar-refractivity contribution in [2.75, 3.05) is 12.9 Å². The minimum Gasteiger partial charge on any atom is -0.497 e.